The number of sulfonamides is 1. The SMILES string of the molecule is Cc1ccc(C)c(N(CCCC(=O)Nc2cccc(Cl)c2C)S(C)(=O)=O)c1. The third kappa shape index (κ3) is 5.71. The molecule has 0 spiro atoms. The van der Waals surface area contributed by atoms with Gasteiger partial charge in [0, 0.05) is 23.7 Å². The predicted octanol–water partition coefficient (Wildman–Crippen LogP) is 4.45. The molecule has 7 heteroatoms. The zero-order valence-electron chi connectivity index (χ0n) is 16.0. The van der Waals surface area contributed by atoms with E-state index in [1.807, 2.05) is 39.0 Å². The summed E-state index contributed by atoms with van der Waals surface area (Å²) in [5.74, 6) is -0.171. The highest BCUT2D eigenvalue weighted by atomic mass is 35.5. The fourth-order valence-corrected chi connectivity index (χ4v) is 3.98. The van der Waals surface area contributed by atoms with Crippen molar-refractivity contribution >= 4 is 38.9 Å². The number of anilines is 2. The third-order valence-corrected chi connectivity index (χ3v) is 5.93. The molecule has 0 unspecified atom stereocenters. The summed E-state index contributed by atoms with van der Waals surface area (Å²) in [6.07, 6.45) is 1.80. The molecule has 1 N–H and O–H groups in total. The van der Waals surface area contributed by atoms with E-state index in [4.69, 9.17) is 11.6 Å². The van der Waals surface area contributed by atoms with Crippen LogP contribution in [-0.4, -0.2) is 27.1 Å². The summed E-state index contributed by atoms with van der Waals surface area (Å²) in [5.41, 5.74) is 4.00. The summed E-state index contributed by atoms with van der Waals surface area (Å²) in [4.78, 5) is 12.2. The van der Waals surface area contributed by atoms with E-state index < -0.39 is 10.0 Å². The molecule has 0 aliphatic carbocycles. The topological polar surface area (TPSA) is 66.5 Å². The third-order valence-electron chi connectivity index (χ3n) is 4.34. The van der Waals surface area contributed by atoms with Crippen LogP contribution in [0, 0.1) is 20.8 Å². The lowest BCUT2D eigenvalue weighted by atomic mass is 10.1. The van der Waals surface area contributed by atoms with Gasteiger partial charge < -0.3 is 5.32 Å². The van der Waals surface area contributed by atoms with Crippen LogP contribution < -0.4 is 9.62 Å². The molecule has 0 saturated carbocycles. The highest BCUT2D eigenvalue weighted by Crippen LogP contribution is 2.25. The van der Waals surface area contributed by atoms with Crippen LogP contribution >= 0.6 is 11.6 Å². The second kappa shape index (κ2) is 8.76. The summed E-state index contributed by atoms with van der Waals surface area (Å²) < 4.78 is 25.9. The molecule has 2 rings (SSSR count). The molecule has 1 amide bonds. The summed E-state index contributed by atoms with van der Waals surface area (Å²) in [6, 6.07) is 11.0. The van der Waals surface area contributed by atoms with Crippen molar-refractivity contribution in [3.63, 3.8) is 0 Å². The van der Waals surface area contributed by atoms with Crippen molar-refractivity contribution in [1.29, 1.82) is 0 Å². The lowest BCUT2D eigenvalue weighted by Crippen LogP contribution is -2.32. The first-order valence-electron chi connectivity index (χ1n) is 8.69. The van der Waals surface area contributed by atoms with E-state index in [0.29, 0.717) is 22.8 Å². The van der Waals surface area contributed by atoms with Gasteiger partial charge in [-0.25, -0.2) is 8.42 Å². The van der Waals surface area contributed by atoms with Gasteiger partial charge in [-0.2, -0.15) is 0 Å². The van der Waals surface area contributed by atoms with Crippen LogP contribution in [0.2, 0.25) is 5.02 Å². The summed E-state index contributed by atoms with van der Waals surface area (Å²) in [5, 5.41) is 3.42. The molecule has 5 nitrogen and oxygen atoms in total. The van der Waals surface area contributed by atoms with E-state index in [-0.39, 0.29) is 18.9 Å². The lowest BCUT2D eigenvalue weighted by Gasteiger charge is -2.24. The van der Waals surface area contributed by atoms with E-state index in [1.54, 1.807) is 18.2 Å². The normalized spacial score (nSPS) is 11.3. The van der Waals surface area contributed by atoms with E-state index in [0.717, 1.165) is 16.7 Å². The van der Waals surface area contributed by atoms with E-state index in [2.05, 4.69) is 5.32 Å². The van der Waals surface area contributed by atoms with E-state index in [1.165, 1.54) is 10.6 Å². The number of rotatable bonds is 7. The van der Waals surface area contributed by atoms with Gasteiger partial charge in [0.25, 0.3) is 0 Å². The average Bonchev–Trinajstić information content (AvgIpc) is 2.57. The molecule has 0 bridgehead atoms. The van der Waals surface area contributed by atoms with Crippen molar-refractivity contribution in [2.24, 2.45) is 0 Å². The van der Waals surface area contributed by atoms with Crippen LogP contribution in [0.5, 0.6) is 0 Å². The van der Waals surface area contributed by atoms with Gasteiger partial charge in [0.05, 0.1) is 11.9 Å². The lowest BCUT2D eigenvalue weighted by molar-refractivity contribution is -0.116. The van der Waals surface area contributed by atoms with Crippen LogP contribution in [0.3, 0.4) is 0 Å². The zero-order valence-corrected chi connectivity index (χ0v) is 17.6. The van der Waals surface area contributed by atoms with Crippen molar-refractivity contribution < 1.29 is 13.2 Å². The number of hydrogen-bond donors (Lipinski definition) is 1. The molecule has 0 aromatic heterocycles. The predicted molar refractivity (Wildman–Crippen MR) is 112 cm³/mol. The molecule has 2 aromatic rings. The summed E-state index contributed by atoms with van der Waals surface area (Å²) in [7, 11) is -3.44. The first-order chi connectivity index (χ1) is 12.6. The molecule has 0 saturated heterocycles. The molecular weight excluding hydrogens is 384 g/mol. The van der Waals surface area contributed by atoms with Crippen LogP contribution in [-0.2, 0) is 14.8 Å². The largest absolute Gasteiger partial charge is 0.326 e. The van der Waals surface area contributed by atoms with Crippen LogP contribution in [0.25, 0.3) is 0 Å². The second-order valence-corrected chi connectivity index (χ2v) is 9.00. The summed E-state index contributed by atoms with van der Waals surface area (Å²) in [6.45, 7) is 5.88. The van der Waals surface area contributed by atoms with Gasteiger partial charge in [-0.15, -0.1) is 0 Å². The van der Waals surface area contributed by atoms with E-state index in [9.17, 15) is 13.2 Å². The van der Waals surface area contributed by atoms with Crippen LogP contribution in [0.15, 0.2) is 36.4 Å². The maximum Gasteiger partial charge on any atom is 0.232 e. The number of nitrogens with one attached hydrogen (secondary N) is 1. The Kier molecular flexibility index (Phi) is 6.89. The quantitative estimate of drug-likeness (QED) is 0.735. The van der Waals surface area contributed by atoms with Gasteiger partial charge in [-0.3, -0.25) is 9.10 Å². The number of benzene rings is 2. The maximum atomic E-state index is 12.3. The second-order valence-electron chi connectivity index (χ2n) is 6.69. The fourth-order valence-electron chi connectivity index (χ4n) is 2.79. The van der Waals surface area contributed by atoms with Gasteiger partial charge in [-0.1, -0.05) is 29.8 Å². The molecule has 0 aliphatic heterocycles. The van der Waals surface area contributed by atoms with Crippen LogP contribution in [0.4, 0.5) is 11.4 Å². The molecule has 2 aromatic carbocycles. The number of nitrogens with zero attached hydrogens (tertiary/aromatic N) is 1. The number of hydrogen-bond acceptors (Lipinski definition) is 3. The minimum absolute atomic E-state index is 0.171. The molecule has 0 atom stereocenters. The summed E-state index contributed by atoms with van der Waals surface area (Å²) >= 11 is 6.06. The smallest absolute Gasteiger partial charge is 0.232 e. The molecule has 0 heterocycles. The van der Waals surface area contributed by atoms with Gasteiger partial charge in [0.2, 0.25) is 15.9 Å². The number of amides is 1. The Hall–Kier alpha value is -2.05. The molecule has 0 radical (unpaired) electrons. The van der Waals surface area contributed by atoms with Crippen molar-refractivity contribution in [3.8, 4) is 0 Å². The average molecular weight is 409 g/mol. The van der Waals surface area contributed by atoms with Gasteiger partial charge in [0.1, 0.15) is 0 Å². The number of halogens is 1. The fraction of sp³-hybridized carbons (Fsp3) is 0.350. The maximum absolute atomic E-state index is 12.3. The Morgan fingerprint density at radius 1 is 1.15 bits per heavy atom. The Morgan fingerprint density at radius 3 is 2.52 bits per heavy atom. The Balaban J connectivity index is 2.05. The Labute approximate surface area is 166 Å². The first-order valence-corrected chi connectivity index (χ1v) is 10.9. The zero-order chi connectivity index (χ0) is 20.2. The highest BCUT2D eigenvalue weighted by molar-refractivity contribution is 7.92. The van der Waals surface area contributed by atoms with Crippen LogP contribution in [0.1, 0.15) is 29.5 Å². The molecule has 0 fully saturated rings. The van der Waals surface area contributed by atoms with Crippen molar-refractivity contribution in [2.45, 2.75) is 33.6 Å². The van der Waals surface area contributed by atoms with Gasteiger partial charge in [-0.05, 0) is 62.1 Å². The molecular formula is C20H25ClN2O3S. The van der Waals surface area contributed by atoms with Gasteiger partial charge in [0.15, 0.2) is 0 Å². The minimum Gasteiger partial charge on any atom is -0.326 e. The van der Waals surface area contributed by atoms with Crippen molar-refractivity contribution in [3.05, 3.63) is 58.1 Å². The minimum atomic E-state index is -3.44. The highest BCUT2D eigenvalue weighted by Gasteiger charge is 2.19. The Bertz CT molecular complexity index is 942. The number of carbonyl (C=O) groups excluding carboxylic acids is 1. The molecule has 27 heavy (non-hydrogen) atoms. The van der Waals surface area contributed by atoms with Gasteiger partial charge >= 0.3 is 0 Å². The number of aryl methyl sites for hydroxylation is 2. The first kappa shape index (κ1) is 21.3. The van der Waals surface area contributed by atoms with E-state index >= 15 is 0 Å². The monoisotopic (exact) mass is 408 g/mol. The Morgan fingerprint density at radius 2 is 1.85 bits per heavy atom. The van der Waals surface area contributed by atoms with Crippen molar-refractivity contribution in [2.75, 3.05) is 22.4 Å². The standard InChI is InChI=1S/C20H25ClN2O3S/c1-14-10-11-15(2)19(13-14)23(27(4,25)26)12-6-9-20(24)22-18-8-5-7-17(21)16(18)3/h5,7-8,10-11,13H,6,9,12H2,1-4H3,(H,22,24). The number of carbonyl (C=O) groups is 1. The molecule has 146 valence electrons. The molecule has 0 aliphatic rings. The van der Waals surface area contributed by atoms with Crippen molar-refractivity contribution in [1.82, 2.24) is 0 Å².